The van der Waals surface area contributed by atoms with E-state index in [2.05, 4.69) is 0 Å². The number of carbonyl (C=O) groups excluding carboxylic acids is 1. The summed E-state index contributed by atoms with van der Waals surface area (Å²) in [4.78, 5) is 10.8. The molecule has 0 fully saturated rings. The van der Waals surface area contributed by atoms with Gasteiger partial charge in [0.25, 0.3) is 0 Å². The van der Waals surface area contributed by atoms with Crippen molar-refractivity contribution in [2.24, 2.45) is 0 Å². The zero-order valence-corrected chi connectivity index (χ0v) is 11.5. The van der Waals surface area contributed by atoms with Crippen molar-refractivity contribution in [3.05, 3.63) is 35.4 Å². The number of rotatable bonds is 1. The number of aromatic carboxylic acids is 1. The topological polar surface area (TPSA) is 80.6 Å². The minimum absolute atomic E-state index is 0. The van der Waals surface area contributed by atoms with Crippen LogP contribution in [0.1, 0.15) is 15.9 Å². The van der Waals surface area contributed by atoms with Crippen molar-refractivity contribution >= 4 is 16.7 Å². The average molecular weight is 240 g/mol. The van der Waals surface area contributed by atoms with E-state index in [1.54, 1.807) is 13.0 Å². The Balaban J connectivity index is 0.00000144. The first-order chi connectivity index (χ1) is 7.50. The summed E-state index contributed by atoms with van der Waals surface area (Å²) < 4.78 is 0. The monoisotopic (exact) mass is 240 g/mol. The van der Waals surface area contributed by atoms with Crippen LogP contribution in [0, 0.1) is 6.92 Å². The molecule has 4 nitrogen and oxygen atoms in total. The fraction of sp³-hybridized carbons (Fsp3) is 0.0833. The van der Waals surface area contributed by atoms with E-state index in [4.69, 9.17) is 0 Å². The third-order valence-electron chi connectivity index (χ3n) is 2.57. The van der Waals surface area contributed by atoms with Gasteiger partial charge in [0.05, 0.1) is 5.97 Å². The van der Waals surface area contributed by atoms with E-state index in [1.807, 2.05) is 0 Å². The second-order valence-corrected chi connectivity index (χ2v) is 3.59. The quantitative estimate of drug-likeness (QED) is 0.561. The Morgan fingerprint density at radius 3 is 2.47 bits per heavy atom. The fourth-order valence-electron chi connectivity index (χ4n) is 1.72. The molecule has 0 aliphatic rings. The van der Waals surface area contributed by atoms with Crippen LogP contribution in [0.3, 0.4) is 0 Å². The summed E-state index contributed by atoms with van der Waals surface area (Å²) in [6.45, 7) is 1.61. The number of benzene rings is 2. The molecule has 0 aromatic heterocycles. The molecule has 0 atom stereocenters. The Labute approximate surface area is 120 Å². The molecule has 0 saturated heterocycles. The molecular formula is C12H9NaO4. The molecule has 0 saturated carbocycles. The van der Waals surface area contributed by atoms with Gasteiger partial charge in [0.15, 0.2) is 0 Å². The van der Waals surface area contributed by atoms with E-state index in [0.717, 1.165) is 0 Å². The molecule has 2 aromatic rings. The maximum atomic E-state index is 10.8. The Morgan fingerprint density at radius 2 is 1.88 bits per heavy atom. The normalized spacial score (nSPS) is 9.94. The van der Waals surface area contributed by atoms with Crippen LogP contribution in [-0.2, 0) is 0 Å². The summed E-state index contributed by atoms with van der Waals surface area (Å²) in [5.74, 6) is -1.69. The Hall–Kier alpha value is -1.23. The van der Waals surface area contributed by atoms with Gasteiger partial charge >= 0.3 is 29.6 Å². The van der Waals surface area contributed by atoms with Crippen LogP contribution >= 0.6 is 0 Å². The number of carboxylic acid groups (broad SMARTS) is 1. The van der Waals surface area contributed by atoms with E-state index >= 15 is 0 Å². The first kappa shape index (κ1) is 13.8. The van der Waals surface area contributed by atoms with Gasteiger partial charge in [0.2, 0.25) is 0 Å². The first-order valence-electron chi connectivity index (χ1n) is 4.67. The van der Waals surface area contributed by atoms with Crippen LogP contribution in [-0.4, -0.2) is 16.2 Å². The number of hydrogen-bond donors (Lipinski definition) is 2. The summed E-state index contributed by atoms with van der Waals surface area (Å²) in [6, 6.07) is 5.83. The molecule has 0 amide bonds. The third kappa shape index (κ3) is 2.39. The van der Waals surface area contributed by atoms with Crippen molar-refractivity contribution in [1.82, 2.24) is 0 Å². The summed E-state index contributed by atoms with van der Waals surface area (Å²) in [7, 11) is 0. The molecule has 82 valence electrons. The summed E-state index contributed by atoms with van der Waals surface area (Å²) in [6.07, 6.45) is 0. The summed E-state index contributed by atoms with van der Waals surface area (Å²) >= 11 is 0. The fourth-order valence-corrected chi connectivity index (χ4v) is 1.72. The van der Waals surface area contributed by atoms with Crippen LogP contribution in [0.15, 0.2) is 24.3 Å². The van der Waals surface area contributed by atoms with Gasteiger partial charge < -0.3 is 20.1 Å². The molecule has 2 N–H and O–H groups in total. The molecule has 5 heteroatoms. The molecule has 0 radical (unpaired) electrons. The second kappa shape index (κ2) is 4.96. The zero-order chi connectivity index (χ0) is 11.9. The van der Waals surface area contributed by atoms with E-state index in [9.17, 15) is 20.1 Å². The number of phenols is 2. The van der Waals surface area contributed by atoms with Crippen molar-refractivity contribution < 1.29 is 49.7 Å². The second-order valence-electron chi connectivity index (χ2n) is 3.59. The van der Waals surface area contributed by atoms with E-state index in [-0.39, 0.29) is 46.6 Å². The number of fused-ring (bicyclic) bond motifs is 1. The molecule has 17 heavy (non-hydrogen) atoms. The van der Waals surface area contributed by atoms with Crippen LogP contribution in [0.4, 0.5) is 0 Å². The van der Waals surface area contributed by atoms with Crippen molar-refractivity contribution in [2.75, 3.05) is 0 Å². The third-order valence-corrected chi connectivity index (χ3v) is 2.57. The molecule has 2 rings (SSSR count). The average Bonchev–Trinajstić information content (AvgIpc) is 2.22. The number of aromatic hydroxyl groups is 2. The Morgan fingerprint density at radius 1 is 1.24 bits per heavy atom. The number of carboxylic acids is 1. The summed E-state index contributed by atoms with van der Waals surface area (Å²) in [5.41, 5.74) is 0.187. The molecule has 0 heterocycles. The molecule has 0 bridgehead atoms. The van der Waals surface area contributed by atoms with Crippen molar-refractivity contribution in [2.45, 2.75) is 6.92 Å². The Bertz CT molecular complexity index is 593. The van der Waals surface area contributed by atoms with Gasteiger partial charge in [0.1, 0.15) is 11.5 Å². The van der Waals surface area contributed by atoms with Crippen LogP contribution in [0.2, 0.25) is 0 Å². The maximum Gasteiger partial charge on any atom is 1.00 e. The molecule has 2 aromatic carbocycles. The predicted molar refractivity (Wildman–Crippen MR) is 56.3 cm³/mol. The number of aryl methyl sites for hydroxylation is 1. The molecular weight excluding hydrogens is 231 g/mol. The zero-order valence-electron chi connectivity index (χ0n) is 9.52. The van der Waals surface area contributed by atoms with Gasteiger partial charge in [-0.15, -0.1) is 0 Å². The van der Waals surface area contributed by atoms with E-state index < -0.39 is 5.97 Å². The van der Waals surface area contributed by atoms with Gasteiger partial charge in [-0.3, -0.25) is 0 Å². The predicted octanol–water partition coefficient (Wildman–Crippen LogP) is -2.07. The molecule has 0 aliphatic heterocycles. The van der Waals surface area contributed by atoms with Crippen molar-refractivity contribution in [3.63, 3.8) is 0 Å². The maximum absolute atomic E-state index is 10.8. The van der Waals surface area contributed by atoms with Crippen molar-refractivity contribution in [3.8, 4) is 11.5 Å². The number of phenolic OH excluding ortho intramolecular Hbond substituents is 1. The standard InChI is InChI=1S/C12H10O4.Na/c1-6-9-3-2-8(13)4-7(9)5-10(11(6)14)12(15)16;/h2-5,13-14H,1H3,(H,15,16);/q;+1/p-1. The summed E-state index contributed by atoms with van der Waals surface area (Å²) in [5, 5.41) is 31.0. The van der Waals surface area contributed by atoms with Crippen LogP contribution in [0.5, 0.6) is 11.5 Å². The smallest absolute Gasteiger partial charge is 0.545 e. The van der Waals surface area contributed by atoms with Gasteiger partial charge in [-0.05, 0) is 41.5 Å². The van der Waals surface area contributed by atoms with E-state index in [0.29, 0.717) is 16.3 Å². The van der Waals surface area contributed by atoms with Crippen LogP contribution in [0.25, 0.3) is 10.8 Å². The molecule has 0 unspecified atom stereocenters. The Kier molecular flexibility index (Phi) is 4.03. The molecule has 0 aliphatic carbocycles. The molecule has 0 spiro atoms. The van der Waals surface area contributed by atoms with E-state index in [1.165, 1.54) is 18.2 Å². The van der Waals surface area contributed by atoms with Crippen LogP contribution < -0.4 is 34.7 Å². The van der Waals surface area contributed by atoms with Gasteiger partial charge in [-0.25, -0.2) is 0 Å². The minimum atomic E-state index is -1.44. The SMILES string of the molecule is Cc1c(O)c(C(=O)[O-])cc2cc(O)ccc12.[Na+]. The van der Waals surface area contributed by atoms with Crippen molar-refractivity contribution in [1.29, 1.82) is 0 Å². The van der Waals surface area contributed by atoms with Gasteiger partial charge in [0, 0.05) is 5.56 Å². The minimum Gasteiger partial charge on any atom is -0.545 e. The number of carbonyl (C=O) groups is 1. The number of hydrogen-bond acceptors (Lipinski definition) is 4. The largest absolute Gasteiger partial charge is 1.00 e. The van der Waals surface area contributed by atoms with Gasteiger partial charge in [-0.1, -0.05) is 6.07 Å². The van der Waals surface area contributed by atoms with Gasteiger partial charge in [-0.2, -0.15) is 0 Å². The first-order valence-corrected chi connectivity index (χ1v) is 4.67.